The predicted octanol–water partition coefficient (Wildman–Crippen LogP) is 3.53. The molecule has 1 fully saturated rings. The molecule has 2 heterocycles. The first-order chi connectivity index (χ1) is 11.4. The van der Waals surface area contributed by atoms with Crippen LogP contribution in [0.15, 0.2) is 15.5 Å². The third kappa shape index (κ3) is 3.70. The first kappa shape index (κ1) is 17.6. The van der Waals surface area contributed by atoms with Crippen molar-refractivity contribution in [3.8, 4) is 10.7 Å². The molecule has 6 nitrogen and oxygen atoms in total. The van der Waals surface area contributed by atoms with E-state index >= 15 is 0 Å². The SMILES string of the molecule is CCc1nc(-c2cc(S(=O)(=O)NC3CCC(C)CC3)c(C)s2)no1. The summed E-state index contributed by atoms with van der Waals surface area (Å²) in [6.45, 7) is 5.96. The fourth-order valence-corrected chi connectivity index (χ4v) is 5.82. The van der Waals surface area contributed by atoms with Gasteiger partial charge in [0.15, 0.2) is 0 Å². The maximum atomic E-state index is 12.7. The summed E-state index contributed by atoms with van der Waals surface area (Å²) in [5, 5.41) is 3.93. The van der Waals surface area contributed by atoms with Gasteiger partial charge in [-0.15, -0.1) is 11.3 Å². The lowest BCUT2D eigenvalue weighted by molar-refractivity contribution is 0.332. The molecule has 0 aliphatic heterocycles. The number of hydrogen-bond donors (Lipinski definition) is 1. The summed E-state index contributed by atoms with van der Waals surface area (Å²) < 4.78 is 33.5. The largest absolute Gasteiger partial charge is 0.339 e. The number of sulfonamides is 1. The van der Waals surface area contributed by atoms with E-state index in [0.29, 0.717) is 33.8 Å². The lowest BCUT2D eigenvalue weighted by Gasteiger charge is -2.26. The molecule has 1 saturated carbocycles. The topological polar surface area (TPSA) is 85.1 Å². The van der Waals surface area contributed by atoms with Crippen LogP contribution in [0, 0.1) is 12.8 Å². The van der Waals surface area contributed by atoms with Gasteiger partial charge in [-0.05, 0) is 44.6 Å². The van der Waals surface area contributed by atoms with Crippen molar-refractivity contribution < 1.29 is 12.9 Å². The molecule has 0 aromatic carbocycles. The Labute approximate surface area is 146 Å². The van der Waals surface area contributed by atoms with Crippen LogP contribution in [0.5, 0.6) is 0 Å². The molecule has 2 aromatic heterocycles. The minimum Gasteiger partial charge on any atom is -0.339 e. The van der Waals surface area contributed by atoms with Crippen LogP contribution in [-0.2, 0) is 16.4 Å². The highest BCUT2D eigenvalue weighted by atomic mass is 32.2. The summed E-state index contributed by atoms with van der Waals surface area (Å²) in [7, 11) is -3.52. The van der Waals surface area contributed by atoms with Crippen molar-refractivity contribution in [3.05, 3.63) is 16.8 Å². The Morgan fingerprint density at radius 3 is 2.67 bits per heavy atom. The second-order valence-electron chi connectivity index (χ2n) is 6.47. The van der Waals surface area contributed by atoms with Gasteiger partial charge in [0.05, 0.1) is 9.77 Å². The second-order valence-corrected chi connectivity index (χ2v) is 9.41. The number of rotatable bonds is 5. The third-order valence-corrected chi connectivity index (χ3v) is 7.31. The molecule has 24 heavy (non-hydrogen) atoms. The molecule has 1 N–H and O–H groups in total. The normalized spacial score (nSPS) is 22.0. The van der Waals surface area contributed by atoms with Gasteiger partial charge in [-0.2, -0.15) is 4.98 Å². The minimum absolute atomic E-state index is 0.0332. The van der Waals surface area contributed by atoms with Crippen molar-refractivity contribution >= 4 is 21.4 Å². The highest BCUT2D eigenvalue weighted by Gasteiger charge is 2.27. The van der Waals surface area contributed by atoms with E-state index in [9.17, 15) is 8.42 Å². The van der Waals surface area contributed by atoms with E-state index in [0.717, 1.165) is 30.6 Å². The number of aromatic nitrogens is 2. The monoisotopic (exact) mass is 369 g/mol. The van der Waals surface area contributed by atoms with Gasteiger partial charge in [-0.25, -0.2) is 13.1 Å². The van der Waals surface area contributed by atoms with Crippen LogP contribution in [0.4, 0.5) is 0 Å². The molecule has 1 aliphatic carbocycles. The van der Waals surface area contributed by atoms with Gasteiger partial charge in [-0.3, -0.25) is 0 Å². The zero-order valence-corrected chi connectivity index (χ0v) is 15.8. The quantitative estimate of drug-likeness (QED) is 0.871. The van der Waals surface area contributed by atoms with Crippen molar-refractivity contribution in [2.75, 3.05) is 0 Å². The number of nitrogens with one attached hydrogen (secondary N) is 1. The molecule has 0 saturated heterocycles. The van der Waals surface area contributed by atoms with E-state index < -0.39 is 10.0 Å². The molecule has 0 bridgehead atoms. The van der Waals surface area contributed by atoms with Gasteiger partial charge < -0.3 is 4.52 Å². The van der Waals surface area contributed by atoms with Crippen LogP contribution in [0.2, 0.25) is 0 Å². The number of aryl methyl sites for hydroxylation is 2. The highest BCUT2D eigenvalue weighted by molar-refractivity contribution is 7.89. The summed E-state index contributed by atoms with van der Waals surface area (Å²) in [5.41, 5.74) is 0. The zero-order valence-electron chi connectivity index (χ0n) is 14.2. The Kier molecular flexibility index (Phi) is 5.08. The van der Waals surface area contributed by atoms with Crippen LogP contribution in [0.3, 0.4) is 0 Å². The average molecular weight is 370 g/mol. The molecule has 0 radical (unpaired) electrons. The lowest BCUT2D eigenvalue weighted by Crippen LogP contribution is -2.37. The van der Waals surface area contributed by atoms with Crippen LogP contribution < -0.4 is 4.72 Å². The summed E-state index contributed by atoms with van der Waals surface area (Å²) >= 11 is 1.38. The van der Waals surface area contributed by atoms with Crippen LogP contribution in [0.1, 0.15) is 50.3 Å². The number of thiophene rings is 1. The fourth-order valence-electron chi connectivity index (χ4n) is 3.00. The second kappa shape index (κ2) is 6.93. The summed E-state index contributed by atoms with van der Waals surface area (Å²) in [4.78, 5) is 6.06. The molecule has 0 unspecified atom stereocenters. The maximum Gasteiger partial charge on any atom is 0.241 e. The fraction of sp³-hybridized carbons (Fsp3) is 0.625. The standard InChI is InChI=1S/C16H23N3O3S2/c1-4-15-17-16(18-22-15)13-9-14(11(3)23-13)24(20,21)19-12-7-5-10(2)6-8-12/h9-10,12,19H,4-8H2,1-3H3. The molecule has 0 atom stereocenters. The van der Waals surface area contributed by atoms with Gasteiger partial charge >= 0.3 is 0 Å². The van der Waals surface area contributed by atoms with E-state index in [1.54, 1.807) is 6.07 Å². The van der Waals surface area contributed by atoms with Crippen LogP contribution in [-0.4, -0.2) is 24.6 Å². The molecular weight excluding hydrogens is 346 g/mol. The molecule has 0 spiro atoms. The third-order valence-electron chi connectivity index (χ3n) is 4.49. The maximum absolute atomic E-state index is 12.7. The van der Waals surface area contributed by atoms with E-state index in [-0.39, 0.29) is 6.04 Å². The first-order valence-electron chi connectivity index (χ1n) is 8.34. The number of nitrogens with zero attached hydrogens (tertiary/aromatic N) is 2. The Morgan fingerprint density at radius 2 is 2.04 bits per heavy atom. The molecule has 3 rings (SSSR count). The van der Waals surface area contributed by atoms with E-state index in [2.05, 4.69) is 21.8 Å². The van der Waals surface area contributed by atoms with Gasteiger partial charge in [0.2, 0.25) is 21.7 Å². The molecule has 2 aromatic rings. The van der Waals surface area contributed by atoms with Crippen molar-refractivity contribution in [2.24, 2.45) is 5.92 Å². The molecule has 0 amide bonds. The van der Waals surface area contributed by atoms with E-state index in [1.807, 2.05) is 13.8 Å². The van der Waals surface area contributed by atoms with Crippen molar-refractivity contribution in [1.29, 1.82) is 0 Å². The van der Waals surface area contributed by atoms with E-state index in [4.69, 9.17) is 4.52 Å². The van der Waals surface area contributed by atoms with Crippen LogP contribution >= 0.6 is 11.3 Å². The smallest absolute Gasteiger partial charge is 0.241 e. The van der Waals surface area contributed by atoms with Gasteiger partial charge in [0.25, 0.3) is 0 Å². The predicted molar refractivity (Wildman–Crippen MR) is 93.5 cm³/mol. The minimum atomic E-state index is -3.52. The van der Waals surface area contributed by atoms with Crippen molar-refractivity contribution in [1.82, 2.24) is 14.9 Å². The average Bonchev–Trinajstić information content (AvgIpc) is 3.16. The number of hydrogen-bond acceptors (Lipinski definition) is 6. The van der Waals surface area contributed by atoms with Gasteiger partial charge in [0.1, 0.15) is 0 Å². The van der Waals surface area contributed by atoms with E-state index in [1.165, 1.54) is 11.3 Å². The summed E-state index contributed by atoms with van der Waals surface area (Å²) in [6.07, 6.45) is 4.61. The molecule has 8 heteroatoms. The summed E-state index contributed by atoms with van der Waals surface area (Å²) in [6, 6.07) is 1.68. The van der Waals surface area contributed by atoms with Gasteiger partial charge in [-0.1, -0.05) is 19.0 Å². The Hall–Kier alpha value is -1.25. The molecule has 132 valence electrons. The zero-order chi connectivity index (χ0) is 17.3. The molecule has 1 aliphatic rings. The van der Waals surface area contributed by atoms with Gasteiger partial charge in [0, 0.05) is 17.3 Å². The molecular formula is C16H23N3O3S2. The summed E-state index contributed by atoms with van der Waals surface area (Å²) in [5.74, 6) is 1.69. The Bertz CT molecular complexity index is 802. The van der Waals surface area contributed by atoms with Crippen LogP contribution in [0.25, 0.3) is 10.7 Å². The van der Waals surface area contributed by atoms with Crippen molar-refractivity contribution in [2.45, 2.75) is 63.8 Å². The van der Waals surface area contributed by atoms with Crippen molar-refractivity contribution in [3.63, 3.8) is 0 Å². The first-order valence-corrected chi connectivity index (χ1v) is 10.6. The highest BCUT2D eigenvalue weighted by Crippen LogP contribution is 2.33. The lowest BCUT2D eigenvalue weighted by atomic mass is 9.88. The Balaban J connectivity index is 1.80. The Morgan fingerprint density at radius 1 is 1.33 bits per heavy atom.